The summed E-state index contributed by atoms with van der Waals surface area (Å²) >= 11 is 0. The first-order chi connectivity index (χ1) is 7.27. The van der Waals surface area contributed by atoms with Gasteiger partial charge in [-0.1, -0.05) is 25.1 Å². The molecule has 0 aliphatic rings. The molecule has 0 radical (unpaired) electrons. The smallest absolute Gasteiger partial charge is 0.123 e. The van der Waals surface area contributed by atoms with Crippen LogP contribution in [0, 0.1) is 5.82 Å². The Bertz CT molecular complexity index is 292. The van der Waals surface area contributed by atoms with E-state index >= 15 is 0 Å². The fourth-order valence-electron chi connectivity index (χ4n) is 1.55. The molecule has 0 aromatic heterocycles. The molecule has 1 aromatic carbocycles. The van der Waals surface area contributed by atoms with E-state index in [4.69, 9.17) is 0 Å². The Morgan fingerprint density at radius 2 is 2.07 bits per heavy atom. The van der Waals surface area contributed by atoms with Crippen LogP contribution in [0.3, 0.4) is 0 Å². The van der Waals surface area contributed by atoms with Gasteiger partial charge in [0, 0.05) is 6.04 Å². The molecule has 15 heavy (non-hydrogen) atoms. The summed E-state index contributed by atoms with van der Waals surface area (Å²) in [6, 6.07) is 7.00. The number of benzene rings is 1. The average molecular weight is 207 g/mol. The van der Waals surface area contributed by atoms with Crippen LogP contribution >= 0.6 is 0 Å². The fourth-order valence-corrected chi connectivity index (χ4v) is 1.55. The Labute approximate surface area is 91.0 Å². The van der Waals surface area contributed by atoms with E-state index in [1.807, 2.05) is 18.2 Å². The van der Waals surface area contributed by atoms with E-state index in [-0.39, 0.29) is 5.82 Å². The van der Waals surface area contributed by atoms with E-state index in [0.717, 1.165) is 24.9 Å². The highest BCUT2D eigenvalue weighted by Gasteiger charge is 2.07. The maximum atomic E-state index is 12.7. The quantitative estimate of drug-likeness (QED) is 0.556. The molecule has 2 heteroatoms. The first-order valence-corrected chi connectivity index (χ1v) is 5.37. The third kappa shape index (κ3) is 3.84. The van der Waals surface area contributed by atoms with Crippen LogP contribution in [0.25, 0.3) is 0 Å². The van der Waals surface area contributed by atoms with Crippen LogP contribution in [0.15, 0.2) is 36.9 Å². The second-order valence-corrected chi connectivity index (χ2v) is 3.54. The normalized spacial score (nSPS) is 12.4. The standard InChI is InChI=1S/C13H18FN/c1-3-5-10-15-13(4-2)11-6-8-12(14)9-7-11/h3,6-9,13,15H,1,4-5,10H2,2H3. The van der Waals surface area contributed by atoms with Gasteiger partial charge in [-0.15, -0.1) is 6.58 Å². The first kappa shape index (κ1) is 11.9. The molecule has 1 N–H and O–H groups in total. The predicted molar refractivity (Wildman–Crippen MR) is 62.2 cm³/mol. The molecule has 0 bridgehead atoms. The Hall–Kier alpha value is -1.15. The summed E-state index contributed by atoms with van der Waals surface area (Å²) in [4.78, 5) is 0. The van der Waals surface area contributed by atoms with Crippen molar-refractivity contribution >= 4 is 0 Å². The number of rotatable bonds is 6. The molecule has 1 rings (SSSR count). The van der Waals surface area contributed by atoms with E-state index in [1.165, 1.54) is 12.1 Å². The van der Waals surface area contributed by atoms with Gasteiger partial charge in [-0.3, -0.25) is 0 Å². The molecule has 0 fully saturated rings. The van der Waals surface area contributed by atoms with Crippen LogP contribution in [0.2, 0.25) is 0 Å². The van der Waals surface area contributed by atoms with E-state index in [0.29, 0.717) is 6.04 Å². The van der Waals surface area contributed by atoms with Crippen LogP contribution in [0.5, 0.6) is 0 Å². The second-order valence-electron chi connectivity index (χ2n) is 3.54. The lowest BCUT2D eigenvalue weighted by Gasteiger charge is -2.16. The first-order valence-electron chi connectivity index (χ1n) is 5.37. The van der Waals surface area contributed by atoms with Crippen LogP contribution in [-0.2, 0) is 0 Å². The highest BCUT2D eigenvalue weighted by Crippen LogP contribution is 2.16. The van der Waals surface area contributed by atoms with Crippen molar-refractivity contribution in [2.75, 3.05) is 6.54 Å². The van der Waals surface area contributed by atoms with Gasteiger partial charge in [-0.2, -0.15) is 0 Å². The van der Waals surface area contributed by atoms with Crippen molar-refractivity contribution in [2.24, 2.45) is 0 Å². The van der Waals surface area contributed by atoms with Crippen molar-refractivity contribution in [3.63, 3.8) is 0 Å². The van der Waals surface area contributed by atoms with Gasteiger partial charge >= 0.3 is 0 Å². The minimum atomic E-state index is -0.181. The van der Waals surface area contributed by atoms with Gasteiger partial charge in [0.25, 0.3) is 0 Å². The van der Waals surface area contributed by atoms with Gasteiger partial charge in [0.1, 0.15) is 5.82 Å². The molecular weight excluding hydrogens is 189 g/mol. The average Bonchev–Trinajstić information content (AvgIpc) is 2.26. The van der Waals surface area contributed by atoms with Crippen molar-refractivity contribution in [1.29, 1.82) is 0 Å². The van der Waals surface area contributed by atoms with Crippen molar-refractivity contribution in [3.05, 3.63) is 48.3 Å². The maximum absolute atomic E-state index is 12.7. The zero-order chi connectivity index (χ0) is 11.1. The minimum Gasteiger partial charge on any atom is -0.310 e. The monoisotopic (exact) mass is 207 g/mol. The van der Waals surface area contributed by atoms with Gasteiger partial charge < -0.3 is 5.32 Å². The Balaban J connectivity index is 2.57. The highest BCUT2D eigenvalue weighted by molar-refractivity contribution is 5.19. The molecule has 1 nitrogen and oxygen atoms in total. The van der Waals surface area contributed by atoms with E-state index < -0.39 is 0 Å². The Morgan fingerprint density at radius 3 is 2.60 bits per heavy atom. The Morgan fingerprint density at radius 1 is 1.40 bits per heavy atom. The largest absolute Gasteiger partial charge is 0.310 e. The van der Waals surface area contributed by atoms with Crippen LogP contribution < -0.4 is 5.32 Å². The number of nitrogens with one attached hydrogen (secondary N) is 1. The summed E-state index contributed by atoms with van der Waals surface area (Å²) in [5, 5.41) is 3.41. The summed E-state index contributed by atoms with van der Waals surface area (Å²) in [6.45, 7) is 6.71. The lowest BCUT2D eigenvalue weighted by molar-refractivity contribution is 0.524. The summed E-state index contributed by atoms with van der Waals surface area (Å²) in [5.41, 5.74) is 1.14. The number of hydrogen-bond acceptors (Lipinski definition) is 1. The third-order valence-corrected chi connectivity index (χ3v) is 2.42. The third-order valence-electron chi connectivity index (χ3n) is 2.42. The molecule has 0 aliphatic carbocycles. The molecule has 0 heterocycles. The summed E-state index contributed by atoms with van der Waals surface area (Å²) in [6.07, 6.45) is 3.85. The van der Waals surface area contributed by atoms with Gasteiger partial charge in [0.15, 0.2) is 0 Å². The summed E-state index contributed by atoms with van der Waals surface area (Å²) in [5.74, 6) is -0.181. The van der Waals surface area contributed by atoms with Crippen LogP contribution in [0.1, 0.15) is 31.4 Å². The van der Waals surface area contributed by atoms with Crippen molar-refractivity contribution in [1.82, 2.24) is 5.32 Å². The molecule has 0 spiro atoms. The van der Waals surface area contributed by atoms with Gasteiger partial charge in [-0.25, -0.2) is 4.39 Å². The molecular formula is C13H18FN. The van der Waals surface area contributed by atoms with E-state index in [9.17, 15) is 4.39 Å². The van der Waals surface area contributed by atoms with E-state index in [2.05, 4.69) is 18.8 Å². The molecule has 0 saturated heterocycles. The summed E-state index contributed by atoms with van der Waals surface area (Å²) in [7, 11) is 0. The molecule has 82 valence electrons. The molecule has 0 amide bonds. The van der Waals surface area contributed by atoms with Crippen molar-refractivity contribution in [3.8, 4) is 0 Å². The van der Waals surface area contributed by atoms with E-state index in [1.54, 1.807) is 0 Å². The number of hydrogen-bond donors (Lipinski definition) is 1. The van der Waals surface area contributed by atoms with Crippen molar-refractivity contribution < 1.29 is 4.39 Å². The number of halogens is 1. The van der Waals surface area contributed by atoms with Gasteiger partial charge in [0.05, 0.1) is 0 Å². The maximum Gasteiger partial charge on any atom is 0.123 e. The highest BCUT2D eigenvalue weighted by atomic mass is 19.1. The zero-order valence-corrected chi connectivity index (χ0v) is 9.17. The zero-order valence-electron chi connectivity index (χ0n) is 9.17. The van der Waals surface area contributed by atoms with Gasteiger partial charge in [0.2, 0.25) is 0 Å². The molecule has 1 atom stereocenters. The van der Waals surface area contributed by atoms with Gasteiger partial charge in [-0.05, 0) is 37.1 Å². The fraction of sp³-hybridized carbons (Fsp3) is 0.385. The second kappa shape index (κ2) is 6.36. The Kier molecular flexibility index (Phi) is 5.05. The molecule has 0 aliphatic heterocycles. The lowest BCUT2D eigenvalue weighted by atomic mass is 10.0. The molecule has 0 saturated carbocycles. The molecule has 1 unspecified atom stereocenters. The lowest BCUT2D eigenvalue weighted by Crippen LogP contribution is -2.21. The van der Waals surface area contributed by atoms with Crippen LogP contribution in [0.4, 0.5) is 4.39 Å². The summed E-state index contributed by atoms with van der Waals surface area (Å²) < 4.78 is 12.7. The minimum absolute atomic E-state index is 0.181. The molecule has 1 aromatic rings. The van der Waals surface area contributed by atoms with Crippen molar-refractivity contribution in [2.45, 2.75) is 25.8 Å². The topological polar surface area (TPSA) is 12.0 Å². The SMILES string of the molecule is C=CCCNC(CC)c1ccc(F)cc1. The van der Waals surface area contributed by atoms with Crippen LogP contribution in [-0.4, -0.2) is 6.54 Å². The predicted octanol–water partition coefficient (Wildman–Crippen LogP) is 3.44.